The van der Waals surface area contributed by atoms with Crippen LogP contribution < -0.4 is 11.1 Å². The van der Waals surface area contributed by atoms with Gasteiger partial charge in [-0.15, -0.1) is 0 Å². The van der Waals surface area contributed by atoms with Crippen LogP contribution in [0.4, 0.5) is 11.5 Å². The van der Waals surface area contributed by atoms with Crippen LogP contribution in [0.5, 0.6) is 0 Å². The Labute approximate surface area is 126 Å². The Bertz CT molecular complexity index is 506. The van der Waals surface area contributed by atoms with E-state index in [0.717, 1.165) is 0 Å². The van der Waals surface area contributed by atoms with E-state index >= 15 is 0 Å². The number of nitrogen functional groups attached to an aromatic ring is 1. The first kappa shape index (κ1) is 16.2. The predicted molar refractivity (Wildman–Crippen MR) is 76.8 cm³/mol. The number of anilines is 2. The average molecular weight is 319 g/mol. The Hall–Kier alpha value is -1.19. The number of hydrogen-bond donors (Lipinski definition) is 6. The molecule has 4 atom stereocenters. The summed E-state index contributed by atoms with van der Waals surface area (Å²) in [7, 11) is 0. The van der Waals surface area contributed by atoms with Gasteiger partial charge in [-0.2, -0.15) is 0 Å². The molecule has 1 saturated carbocycles. The van der Waals surface area contributed by atoms with Crippen LogP contribution in [0.3, 0.4) is 0 Å². The van der Waals surface area contributed by atoms with Crippen LogP contribution in [0.1, 0.15) is 19.3 Å². The van der Waals surface area contributed by atoms with E-state index in [2.05, 4.69) is 15.3 Å². The Kier molecular flexibility index (Phi) is 4.84. The van der Waals surface area contributed by atoms with Gasteiger partial charge in [0, 0.05) is 0 Å². The number of hydrogen-bond acceptors (Lipinski definition) is 8. The second-order valence-corrected chi connectivity index (χ2v) is 5.67. The first-order chi connectivity index (χ1) is 9.87. The van der Waals surface area contributed by atoms with Gasteiger partial charge in [0.2, 0.25) is 0 Å². The predicted octanol–water partition coefficient (Wildman–Crippen LogP) is -0.878. The normalized spacial score (nSPS) is 33.5. The van der Waals surface area contributed by atoms with E-state index < -0.39 is 30.5 Å². The van der Waals surface area contributed by atoms with Crippen LogP contribution in [0.15, 0.2) is 6.33 Å². The Morgan fingerprint density at radius 2 is 2.14 bits per heavy atom. The Morgan fingerprint density at radius 1 is 1.43 bits per heavy atom. The van der Waals surface area contributed by atoms with E-state index in [9.17, 15) is 20.4 Å². The summed E-state index contributed by atoms with van der Waals surface area (Å²) in [6, 6.07) is -0.743. The quantitative estimate of drug-likeness (QED) is 0.311. The van der Waals surface area contributed by atoms with Crippen molar-refractivity contribution in [1.29, 1.82) is 0 Å². The molecule has 0 amide bonds. The molecule has 0 aromatic carbocycles. The van der Waals surface area contributed by atoms with E-state index in [1.54, 1.807) is 0 Å². The second kappa shape index (κ2) is 6.29. The monoisotopic (exact) mass is 318 g/mol. The van der Waals surface area contributed by atoms with E-state index in [-0.39, 0.29) is 35.9 Å². The summed E-state index contributed by atoms with van der Waals surface area (Å²) in [6.45, 7) is -0.612. The van der Waals surface area contributed by atoms with E-state index in [1.807, 2.05) is 0 Å². The lowest BCUT2D eigenvalue weighted by atomic mass is 9.90. The van der Waals surface area contributed by atoms with Gasteiger partial charge in [0.25, 0.3) is 0 Å². The molecule has 0 bridgehead atoms. The molecule has 8 nitrogen and oxygen atoms in total. The maximum atomic E-state index is 10.3. The van der Waals surface area contributed by atoms with Crippen LogP contribution in [0.2, 0.25) is 5.15 Å². The summed E-state index contributed by atoms with van der Waals surface area (Å²) in [4.78, 5) is 7.65. The van der Waals surface area contributed by atoms with Crippen LogP contribution in [-0.4, -0.2) is 60.9 Å². The van der Waals surface area contributed by atoms with Crippen LogP contribution in [-0.2, 0) is 0 Å². The first-order valence-electron chi connectivity index (χ1n) is 6.59. The molecular formula is C12H19ClN4O4. The van der Waals surface area contributed by atoms with Gasteiger partial charge in [-0.3, -0.25) is 0 Å². The van der Waals surface area contributed by atoms with Gasteiger partial charge in [0.15, 0.2) is 11.0 Å². The average Bonchev–Trinajstić information content (AvgIpc) is 2.57. The molecule has 0 spiro atoms. The molecular weight excluding hydrogens is 300 g/mol. The molecule has 1 aromatic rings. The minimum absolute atomic E-state index is 0.0635. The lowest BCUT2D eigenvalue weighted by molar-refractivity contribution is -0.111. The molecule has 0 aliphatic heterocycles. The van der Waals surface area contributed by atoms with Gasteiger partial charge < -0.3 is 31.5 Å². The van der Waals surface area contributed by atoms with Gasteiger partial charge in [-0.25, -0.2) is 9.97 Å². The molecule has 21 heavy (non-hydrogen) atoms. The van der Waals surface area contributed by atoms with Gasteiger partial charge in [0.1, 0.15) is 23.7 Å². The zero-order valence-electron chi connectivity index (χ0n) is 11.3. The zero-order valence-corrected chi connectivity index (χ0v) is 12.0. The van der Waals surface area contributed by atoms with Crippen molar-refractivity contribution in [1.82, 2.24) is 9.97 Å². The Balaban J connectivity index is 2.25. The molecule has 0 radical (unpaired) electrons. The fourth-order valence-corrected chi connectivity index (χ4v) is 2.59. The number of nitrogens with zero attached hydrogens (tertiary/aromatic N) is 2. The van der Waals surface area contributed by atoms with Crippen LogP contribution >= 0.6 is 11.6 Å². The minimum atomic E-state index is -1.69. The summed E-state index contributed by atoms with van der Waals surface area (Å²) in [5, 5.41) is 42.7. The number of nitrogens with two attached hydrogens (primary N) is 1. The van der Waals surface area contributed by atoms with Crippen molar-refractivity contribution in [2.24, 2.45) is 0 Å². The molecule has 118 valence electrons. The van der Waals surface area contributed by atoms with E-state index in [4.69, 9.17) is 17.3 Å². The summed E-state index contributed by atoms with van der Waals surface area (Å²) in [5.41, 5.74) is 4.16. The fraction of sp³-hybridized carbons (Fsp3) is 0.667. The standard InChI is InChI=1S/C12H19ClN4O4/c13-10-8(14)11(16-5-15-10)17-7-3-6(19)1-2-12(21,4-18)9(7)20/h5-7,9,18-21H,1-4,14H2,(H,15,16,17)/t6-,7-,9-,12-/m0/s1. The number of halogens is 1. The maximum absolute atomic E-state index is 10.3. The number of aromatic nitrogens is 2. The highest BCUT2D eigenvalue weighted by Gasteiger charge is 2.43. The molecule has 0 saturated heterocycles. The third kappa shape index (κ3) is 3.35. The highest BCUT2D eigenvalue weighted by Crippen LogP contribution is 2.31. The molecule has 1 heterocycles. The SMILES string of the molecule is Nc1c(Cl)ncnc1N[C@H]1C[C@@H](O)CC[C@](O)(CO)[C@H]1O. The summed E-state index contributed by atoms with van der Waals surface area (Å²) >= 11 is 5.79. The third-order valence-electron chi connectivity index (χ3n) is 3.80. The van der Waals surface area contributed by atoms with Crippen molar-refractivity contribution >= 4 is 23.1 Å². The number of aliphatic hydroxyl groups excluding tert-OH is 3. The molecule has 2 rings (SSSR count). The number of aliphatic hydroxyl groups is 4. The lowest BCUT2D eigenvalue weighted by Crippen LogP contribution is -2.53. The molecule has 1 aromatic heterocycles. The molecule has 1 fully saturated rings. The van der Waals surface area contributed by atoms with Crippen molar-refractivity contribution in [2.45, 2.75) is 43.1 Å². The second-order valence-electron chi connectivity index (χ2n) is 5.31. The molecule has 1 aliphatic carbocycles. The summed E-state index contributed by atoms with van der Waals surface area (Å²) in [6.07, 6.45) is -0.288. The van der Waals surface area contributed by atoms with Gasteiger partial charge >= 0.3 is 0 Å². The van der Waals surface area contributed by atoms with Crippen molar-refractivity contribution < 1.29 is 20.4 Å². The fourth-order valence-electron chi connectivity index (χ4n) is 2.45. The van der Waals surface area contributed by atoms with Gasteiger partial charge in [-0.05, 0) is 19.3 Å². The van der Waals surface area contributed by atoms with Gasteiger partial charge in [-0.1, -0.05) is 11.6 Å². The molecule has 7 N–H and O–H groups in total. The summed E-state index contributed by atoms with van der Waals surface area (Å²) < 4.78 is 0. The molecule has 0 unspecified atom stereocenters. The number of nitrogens with one attached hydrogen (secondary N) is 1. The Morgan fingerprint density at radius 3 is 2.81 bits per heavy atom. The van der Waals surface area contributed by atoms with Gasteiger partial charge in [0.05, 0.1) is 18.8 Å². The van der Waals surface area contributed by atoms with Crippen molar-refractivity contribution in [3.63, 3.8) is 0 Å². The van der Waals surface area contributed by atoms with E-state index in [0.29, 0.717) is 0 Å². The topological polar surface area (TPSA) is 145 Å². The first-order valence-corrected chi connectivity index (χ1v) is 6.97. The smallest absolute Gasteiger partial charge is 0.157 e. The molecule has 9 heteroatoms. The molecule has 1 aliphatic rings. The largest absolute Gasteiger partial charge is 0.393 e. The van der Waals surface area contributed by atoms with Crippen LogP contribution in [0.25, 0.3) is 0 Å². The van der Waals surface area contributed by atoms with Crippen molar-refractivity contribution in [3.8, 4) is 0 Å². The highest BCUT2D eigenvalue weighted by molar-refractivity contribution is 6.32. The zero-order chi connectivity index (χ0) is 15.6. The summed E-state index contributed by atoms with van der Waals surface area (Å²) in [5.74, 6) is 0.202. The van der Waals surface area contributed by atoms with Crippen molar-refractivity contribution in [2.75, 3.05) is 17.7 Å². The third-order valence-corrected chi connectivity index (χ3v) is 4.10. The minimum Gasteiger partial charge on any atom is -0.393 e. The van der Waals surface area contributed by atoms with Crippen molar-refractivity contribution in [3.05, 3.63) is 11.5 Å². The van der Waals surface area contributed by atoms with Crippen LogP contribution in [0, 0.1) is 0 Å². The van der Waals surface area contributed by atoms with E-state index in [1.165, 1.54) is 6.33 Å². The maximum Gasteiger partial charge on any atom is 0.157 e. The highest BCUT2D eigenvalue weighted by atomic mass is 35.5. The number of rotatable bonds is 3. The lowest BCUT2D eigenvalue weighted by Gasteiger charge is -2.34.